The van der Waals surface area contributed by atoms with Crippen LogP contribution in [0.25, 0.3) is 0 Å². The fourth-order valence-corrected chi connectivity index (χ4v) is 6.62. The molecule has 0 radical (unpaired) electrons. The minimum atomic E-state index is -3.51. The first-order chi connectivity index (χ1) is 17.7. The number of nitrogens with one attached hydrogen (secondary N) is 1. The number of amides is 2. The maximum atomic E-state index is 12.7. The van der Waals surface area contributed by atoms with Crippen molar-refractivity contribution in [2.24, 2.45) is 5.92 Å². The highest BCUT2D eigenvalue weighted by molar-refractivity contribution is 7.89. The van der Waals surface area contributed by atoms with Crippen molar-refractivity contribution in [1.82, 2.24) is 24.5 Å². The number of carbonyl (C=O) groups is 2. The number of ether oxygens (including phenoxy) is 2. The number of anilines is 1. The average Bonchev–Trinajstić information content (AvgIpc) is 3.38. The number of piperazine rings is 1. The van der Waals surface area contributed by atoms with E-state index in [9.17, 15) is 18.0 Å². The van der Waals surface area contributed by atoms with Crippen LogP contribution in [0.2, 0.25) is 0 Å². The van der Waals surface area contributed by atoms with E-state index in [4.69, 9.17) is 9.47 Å². The molecule has 1 saturated carbocycles. The van der Waals surface area contributed by atoms with Crippen molar-refractivity contribution in [1.29, 1.82) is 0 Å². The first-order valence-electron chi connectivity index (χ1n) is 13.2. The van der Waals surface area contributed by atoms with Crippen molar-refractivity contribution < 1.29 is 27.5 Å². The summed E-state index contributed by atoms with van der Waals surface area (Å²) in [5.74, 6) is 0.749. The van der Waals surface area contributed by atoms with E-state index < -0.39 is 10.0 Å². The van der Waals surface area contributed by atoms with Crippen LogP contribution < -0.4 is 15.0 Å². The molecule has 12 nitrogen and oxygen atoms in total. The third-order valence-electron chi connectivity index (χ3n) is 7.67. The highest BCUT2D eigenvalue weighted by Crippen LogP contribution is 2.39. The predicted octanol–water partition coefficient (Wildman–Crippen LogP) is 0.987. The molecule has 4 heterocycles. The second kappa shape index (κ2) is 10.7. The summed E-state index contributed by atoms with van der Waals surface area (Å²) in [5.41, 5.74) is -0.259. The standard InChI is InChI=1S/C24H36N6O6S/c1-24(6-7-24)36-23(32)28-9-4-18(5-10-28)16-35-21-14-26-20(13-27-21)30-12-11-29(15-22(30)31)37(33,34)17-19-3-2-8-25-19/h13-14,18-19,25H,2-12,15-17H2,1H3. The van der Waals surface area contributed by atoms with Gasteiger partial charge in [-0.15, -0.1) is 0 Å². The van der Waals surface area contributed by atoms with Gasteiger partial charge in [-0.3, -0.25) is 9.69 Å². The minimum absolute atomic E-state index is 0.0225. The van der Waals surface area contributed by atoms with Crippen LogP contribution in [0, 0.1) is 5.92 Å². The van der Waals surface area contributed by atoms with Crippen LogP contribution in [0.5, 0.6) is 5.88 Å². The number of likely N-dealkylation sites (tertiary alicyclic amines) is 1. The highest BCUT2D eigenvalue weighted by Gasteiger charge is 2.43. The zero-order chi connectivity index (χ0) is 26.0. The van der Waals surface area contributed by atoms with Crippen molar-refractivity contribution in [2.45, 2.75) is 57.1 Å². The Hall–Kier alpha value is -2.51. The fourth-order valence-electron chi connectivity index (χ4n) is 4.95. The Balaban J connectivity index is 1.06. The minimum Gasteiger partial charge on any atom is -0.476 e. The van der Waals surface area contributed by atoms with Crippen molar-refractivity contribution in [2.75, 3.05) is 56.5 Å². The molecule has 13 heteroatoms. The van der Waals surface area contributed by atoms with Gasteiger partial charge in [0.2, 0.25) is 21.8 Å². The Labute approximate surface area is 217 Å². The topological polar surface area (TPSA) is 134 Å². The first-order valence-corrected chi connectivity index (χ1v) is 14.8. The molecule has 1 aliphatic carbocycles. The van der Waals surface area contributed by atoms with Gasteiger partial charge in [0.25, 0.3) is 0 Å². The summed E-state index contributed by atoms with van der Waals surface area (Å²) in [7, 11) is -3.51. The lowest BCUT2D eigenvalue weighted by Crippen LogP contribution is -2.54. The Bertz CT molecular complexity index is 1080. The van der Waals surface area contributed by atoms with E-state index in [1.54, 1.807) is 4.90 Å². The van der Waals surface area contributed by atoms with Crippen LogP contribution in [0.15, 0.2) is 12.4 Å². The quantitative estimate of drug-likeness (QED) is 0.516. The third-order valence-corrected chi connectivity index (χ3v) is 9.59. The molecule has 1 atom stereocenters. The molecule has 1 unspecified atom stereocenters. The van der Waals surface area contributed by atoms with Crippen LogP contribution in [-0.2, 0) is 19.6 Å². The van der Waals surface area contributed by atoms with Crippen molar-refractivity contribution in [3.05, 3.63) is 12.4 Å². The van der Waals surface area contributed by atoms with E-state index >= 15 is 0 Å². The van der Waals surface area contributed by atoms with Gasteiger partial charge in [0.05, 0.1) is 31.3 Å². The zero-order valence-corrected chi connectivity index (χ0v) is 22.1. The molecular weight excluding hydrogens is 500 g/mol. The first kappa shape index (κ1) is 26.1. The monoisotopic (exact) mass is 536 g/mol. The largest absolute Gasteiger partial charge is 0.476 e. The second-order valence-corrected chi connectivity index (χ2v) is 12.7. The van der Waals surface area contributed by atoms with E-state index in [0.717, 1.165) is 45.1 Å². The molecule has 3 aliphatic heterocycles. The number of piperidine rings is 1. The van der Waals surface area contributed by atoms with Gasteiger partial charge in [0, 0.05) is 32.2 Å². The molecule has 4 fully saturated rings. The molecule has 1 aromatic rings. The molecule has 37 heavy (non-hydrogen) atoms. The van der Waals surface area contributed by atoms with E-state index in [-0.39, 0.29) is 49.0 Å². The van der Waals surface area contributed by atoms with Crippen molar-refractivity contribution in [3.63, 3.8) is 0 Å². The molecule has 204 valence electrons. The fraction of sp³-hybridized carbons (Fsp3) is 0.750. The maximum Gasteiger partial charge on any atom is 0.410 e. The summed E-state index contributed by atoms with van der Waals surface area (Å²) in [5, 5.41) is 3.20. The van der Waals surface area contributed by atoms with Crippen LogP contribution in [0.1, 0.15) is 45.4 Å². The molecule has 4 aliphatic rings. The Kier molecular flexibility index (Phi) is 7.55. The summed E-state index contributed by atoms with van der Waals surface area (Å²) in [4.78, 5) is 36.8. The maximum absolute atomic E-state index is 12.7. The van der Waals surface area contributed by atoms with E-state index in [1.165, 1.54) is 21.6 Å². The predicted molar refractivity (Wildman–Crippen MR) is 135 cm³/mol. The smallest absolute Gasteiger partial charge is 0.410 e. The number of rotatable bonds is 8. The van der Waals surface area contributed by atoms with Gasteiger partial charge in [-0.1, -0.05) is 0 Å². The average molecular weight is 537 g/mol. The van der Waals surface area contributed by atoms with Gasteiger partial charge in [0.15, 0.2) is 5.82 Å². The molecule has 0 spiro atoms. The summed E-state index contributed by atoms with van der Waals surface area (Å²) >= 11 is 0. The lowest BCUT2D eigenvalue weighted by atomic mass is 9.98. The van der Waals surface area contributed by atoms with Crippen LogP contribution in [-0.4, -0.2) is 103 Å². The number of sulfonamides is 1. The summed E-state index contributed by atoms with van der Waals surface area (Å²) in [6.07, 6.45) is 8.09. The lowest BCUT2D eigenvalue weighted by Gasteiger charge is -2.33. The van der Waals surface area contributed by atoms with Crippen LogP contribution >= 0.6 is 0 Å². The van der Waals surface area contributed by atoms with Gasteiger partial charge in [0.1, 0.15) is 5.60 Å². The summed E-state index contributed by atoms with van der Waals surface area (Å²) < 4.78 is 38.1. The zero-order valence-electron chi connectivity index (χ0n) is 21.3. The molecule has 5 rings (SSSR count). The van der Waals surface area contributed by atoms with Gasteiger partial charge < -0.3 is 19.7 Å². The second-order valence-electron chi connectivity index (χ2n) is 10.7. The lowest BCUT2D eigenvalue weighted by molar-refractivity contribution is -0.120. The van der Waals surface area contributed by atoms with Gasteiger partial charge >= 0.3 is 6.09 Å². The number of aromatic nitrogens is 2. The number of hydrogen-bond acceptors (Lipinski definition) is 9. The Morgan fingerprint density at radius 1 is 1.14 bits per heavy atom. The van der Waals surface area contributed by atoms with E-state index in [0.29, 0.717) is 37.3 Å². The van der Waals surface area contributed by atoms with E-state index in [2.05, 4.69) is 15.3 Å². The molecule has 0 bridgehead atoms. The molecule has 3 saturated heterocycles. The number of nitrogens with zero attached hydrogens (tertiary/aromatic N) is 5. The van der Waals surface area contributed by atoms with Crippen molar-refractivity contribution in [3.8, 4) is 5.88 Å². The number of hydrogen-bond donors (Lipinski definition) is 1. The van der Waals surface area contributed by atoms with Gasteiger partial charge in [-0.05, 0) is 57.9 Å². The van der Waals surface area contributed by atoms with Gasteiger partial charge in [-0.25, -0.2) is 23.2 Å². The van der Waals surface area contributed by atoms with Gasteiger partial charge in [-0.2, -0.15) is 4.31 Å². The highest BCUT2D eigenvalue weighted by atomic mass is 32.2. The van der Waals surface area contributed by atoms with Crippen LogP contribution in [0.3, 0.4) is 0 Å². The molecule has 1 aromatic heterocycles. The Morgan fingerprint density at radius 3 is 2.54 bits per heavy atom. The van der Waals surface area contributed by atoms with Crippen molar-refractivity contribution >= 4 is 27.8 Å². The molecular formula is C24H36N6O6S. The summed E-state index contributed by atoms with van der Waals surface area (Å²) in [6.45, 7) is 4.83. The normalized spacial score (nSPS) is 24.8. The molecule has 0 aromatic carbocycles. The molecule has 1 N–H and O–H groups in total. The van der Waals surface area contributed by atoms with E-state index in [1.807, 2.05) is 6.92 Å². The summed E-state index contributed by atoms with van der Waals surface area (Å²) in [6, 6.07) is -0.0449. The Morgan fingerprint density at radius 2 is 1.92 bits per heavy atom. The number of carbonyl (C=O) groups excluding carboxylic acids is 2. The SMILES string of the molecule is CC1(OC(=O)N2CCC(COc3cnc(N4CCN(S(=O)(=O)CC5CCCN5)CC4=O)cn3)CC2)CC1. The third kappa shape index (κ3) is 6.50. The molecule has 2 amide bonds. The van der Waals surface area contributed by atoms with Crippen LogP contribution in [0.4, 0.5) is 10.6 Å².